The quantitative estimate of drug-likeness (QED) is 0.465. The van der Waals surface area contributed by atoms with Gasteiger partial charge in [-0.2, -0.15) is 10.5 Å². The number of hydrogen-bond donors (Lipinski definition) is 1. The molecule has 1 aliphatic heterocycles. The van der Waals surface area contributed by atoms with Gasteiger partial charge in [0.25, 0.3) is 11.8 Å². The summed E-state index contributed by atoms with van der Waals surface area (Å²) in [5, 5.41) is 17.5. The van der Waals surface area contributed by atoms with E-state index in [2.05, 4.69) is 44.0 Å². The molecule has 6 nitrogen and oxygen atoms in total. The number of benzene rings is 3. The molecule has 2 N–H and O–H groups in total. The fourth-order valence-corrected chi connectivity index (χ4v) is 4.12. The lowest BCUT2D eigenvalue weighted by Gasteiger charge is -2.14. The van der Waals surface area contributed by atoms with E-state index in [1.54, 1.807) is 48.5 Å². The number of nitriles is 2. The first kappa shape index (κ1) is 23.4. The van der Waals surface area contributed by atoms with Crippen molar-refractivity contribution in [3.63, 3.8) is 0 Å². The fourth-order valence-electron chi connectivity index (χ4n) is 3.09. The first-order valence-electron chi connectivity index (χ1n) is 9.42. The van der Waals surface area contributed by atoms with Crippen molar-refractivity contribution in [2.75, 3.05) is 0 Å². The van der Waals surface area contributed by atoms with Gasteiger partial charge in [-0.3, -0.25) is 14.5 Å². The number of fused-ring (bicyclic) bond motifs is 1. The van der Waals surface area contributed by atoms with E-state index in [0.29, 0.717) is 33.3 Å². The summed E-state index contributed by atoms with van der Waals surface area (Å²) in [6.07, 6.45) is 0. The molecule has 0 saturated carbocycles. The molecular weight excluding hydrogens is 536 g/mol. The number of carbonyl (C=O) groups excluding carboxylic acids is 2. The van der Waals surface area contributed by atoms with Gasteiger partial charge >= 0.3 is 0 Å². The van der Waals surface area contributed by atoms with Gasteiger partial charge in [0, 0.05) is 15.5 Å². The number of amides is 2. The minimum absolute atomic E-state index is 0.191. The third kappa shape index (κ3) is 4.95. The number of rotatable bonds is 3. The normalized spacial score (nSPS) is 11.8. The average Bonchev–Trinajstić information content (AvgIpc) is 3.04. The minimum atomic E-state index is -0.281. The van der Waals surface area contributed by atoms with Gasteiger partial charge in [-0.15, -0.1) is 0 Å². The van der Waals surface area contributed by atoms with Crippen LogP contribution in [0.25, 0.3) is 0 Å². The monoisotopic (exact) mass is 550 g/mol. The highest BCUT2D eigenvalue weighted by Gasteiger charge is 2.34. The smallest absolute Gasteiger partial charge is 0.261 e. The molecule has 3 aromatic rings. The molecule has 1 heterocycles. The molecule has 0 fully saturated rings. The SMILES string of the molecule is N#Cc1ccc(CN)cc1Br.N#Cc1ccc(CN2C(=O)c3ccccc3C2=O)cc1Br. The van der Waals surface area contributed by atoms with Gasteiger partial charge < -0.3 is 5.73 Å². The molecule has 0 aromatic heterocycles. The summed E-state index contributed by atoms with van der Waals surface area (Å²) in [7, 11) is 0. The lowest BCUT2D eigenvalue weighted by molar-refractivity contribution is 0.0642. The Kier molecular flexibility index (Phi) is 7.55. The highest BCUT2D eigenvalue weighted by molar-refractivity contribution is 9.10. The maximum atomic E-state index is 12.3. The third-order valence-corrected chi connectivity index (χ3v) is 6.07. The third-order valence-electron chi connectivity index (χ3n) is 4.76. The first-order valence-corrected chi connectivity index (χ1v) is 11.0. The predicted octanol–water partition coefficient (Wildman–Crippen LogP) is 4.90. The topological polar surface area (TPSA) is 111 Å². The number of nitrogens with zero attached hydrogens (tertiary/aromatic N) is 3. The van der Waals surface area contributed by atoms with Crippen molar-refractivity contribution in [3.05, 3.63) is 103 Å². The van der Waals surface area contributed by atoms with Crippen LogP contribution in [0.5, 0.6) is 0 Å². The Balaban J connectivity index is 0.000000222. The zero-order valence-electron chi connectivity index (χ0n) is 16.7. The van der Waals surface area contributed by atoms with Gasteiger partial charge in [0.2, 0.25) is 0 Å². The van der Waals surface area contributed by atoms with Gasteiger partial charge in [0.15, 0.2) is 0 Å². The van der Waals surface area contributed by atoms with Gasteiger partial charge in [-0.05, 0) is 79.4 Å². The molecule has 3 aromatic carbocycles. The number of nitrogens with two attached hydrogens (primary N) is 1. The maximum absolute atomic E-state index is 12.3. The average molecular weight is 552 g/mol. The van der Waals surface area contributed by atoms with Crippen molar-refractivity contribution in [1.82, 2.24) is 4.90 Å². The summed E-state index contributed by atoms with van der Waals surface area (Å²) < 4.78 is 1.46. The molecule has 0 radical (unpaired) electrons. The molecule has 0 atom stereocenters. The van der Waals surface area contributed by atoms with Crippen LogP contribution >= 0.6 is 31.9 Å². The van der Waals surface area contributed by atoms with Crippen LogP contribution < -0.4 is 5.73 Å². The highest BCUT2D eigenvalue weighted by atomic mass is 79.9. The summed E-state index contributed by atoms with van der Waals surface area (Å²) >= 11 is 6.57. The lowest BCUT2D eigenvalue weighted by atomic mass is 10.1. The molecule has 4 rings (SSSR count). The zero-order valence-corrected chi connectivity index (χ0v) is 19.9. The number of carbonyl (C=O) groups is 2. The highest BCUT2D eigenvalue weighted by Crippen LogP contribution is 2.25. The molecule has 32 heavy (non-hydrogen) atoms. The van der Waals surface area contributed by atoms with E-state index in [-0.39, 0.29) is 18.4 Å². The Labute approximate surface area is 202 Å². The second-order valence-corrected chi connectivity index (χ2v) is 8.51. The van der Waals surface area contributed by atoms with E-state index in [0.717, 1.165) is 15.6 Å². The van der Waals surface area contributed by atoms with E-state index in [4.69, 9.17) is 16.3 Å². The van der Waals surface area contributed by atoms with Crippen molar-refractivity contribution in [2.45, 2.75) is 13.1 Å². The van der Waals surface area contributed by atoms with E-state index >= 15 is 0 Å². The molecule has 0 saturated heterocycles. The van der Waals surface area contributed by atoms with Crippen LogP contribution in [0.2, 0.25) is 0 Å². The van der Waals surface area contributed by atoms with Gasteiger partial charge in [0.05, 0.1) is 28.8 Å². The van der Waals surface area contributed by atoms with Crippen LogP contribution in [0.15, 0.2) is 69.6 Å². The molecule has 0 bridgehead atoms. The number of imide groups is 1. The van der Waals surface area contributed by atoms with Crippen LogP contribution in [0.3, 0.4) is 0 Å². The van der Waals surface area contributed by atoms with Gasteiger partial charge in [0.1, 0.15) is 12.1 Å². The van der Waals surface area contributed by atoms with E-state index in [9.17, 15) is 9.59 Å². The Hall–Kier alpha value is -3.30. The van der Waals surface area contributed by atoms with E-state index in [1.165, 1.54) is 4.90 Å². The largest absolute Gasteiger partial charge is 0.326 e. The zero-order chi connectivity index (χ0) is 23.3. The molecule has 0 aliphatic carbocycles. The Morgan fingerprint density at radius 2 is 1.25 bits per heavy atom. The molecule has 8 heteroatoms. The molecule has 1 aliphatic rings. The number of hydrogen-bond acceptors (Lipinski definition) is 5. The van der Waals surface area contributed by atoms with E-state index in [1.807, 2.05) is 12.1 Å². The van der Waals surface area contributed by atoms with Crippen molar-refractivity contribution in [2.24, 2.45) is 5.73 Å². The maximum Gasteiger partial charge on any atom is 0.261 e. The number of halogens is 2. The molecule has 0 spiro atoms. The lowest BCUT2D eigenvalue weighted by Crippen LogP contribution is -2.29. The standard InChI is InChI=1S/C16H9BrN2O2.C8H7BrN2/c17-14-7-10(5-6-11(14)8-18)9-19-15(20)12-3-1-2-4-13(12)16(19)21;9-8-3-6(4-10)1-2-7(8)5-11/h1-7H,9H2;1-3H,4,10H2. The molecule has 158 valence electrons. The minimum Gasteiger partial charge on any atom is -0.326 e. The molecular formula is C24H16Br2N4O2. The van der Waals surface area contributed by atoms with Gasteiger partial charge in [-0.1, -0.05) is 24.3 Å². The summed E-state index contributed by atoms with van der Waals surface area (Å²) in [5.41, 5.74) is 9.25. The van der Waals surface area contributed by atoms with Crippen molar-refractivity contribution < 1.29 is 9.59 Å². The van der Waals surface area contributed by atoms with Crippen LogP contribution in [-0.2, 0) is 13.1 Å². The van der Waals surface area contributed by atoms with Crippen molar-refractivity contribution in [1.29, 1.82) is 10.5 Å². The molecule has 2 amide bonds. The Morgan fingerprint density at radius 1 is 0.781 bits per heavy atom. The van der Waals surface area contributed by atoms with Crippen LogP contribution in [0, 0.1) is 22.7 Å². The second kappa shape index (κ2) is 10.3. The van der Waals surface area contributed by atoms with Crippen molar-refractivity contribution >= 4 is 43.7 Å². The fraction of sp³-hybridized carbons (Fsp3) is 0.0833. The summed E-state index contributed by atoms with van der Waals surface area (Å²) in [6, 6.07) is 21.5. The summed E-state index contributed by atoms with van der Waals surface area (Å²) in [4.78, 5) is 25.7. The van der Waals surface area contributed by atoms with Crippen LogP contribution in [0.1, 0.15) is 43.0 Å². The summed E-state index contributed by atoms with van der Waals surface area (Å²) in [6.45, 7) is 0.695. The van der Waals surface area contributed by atoms with Crippen LogP contribution in [-0.4, -0.2) is 16.7 Å². The Morgan fingerprint density at radius 3 is 1.69 bits per heavy atom. The predicted molar refractivity (Wildman–Crippen MR) is 126 cm³/mol. The molecule has 0 unspecified atom stereocenters. The van der Waals surface area contributed by atoms with E-state index < -0.39 is 0 Å². The first-order chi connectivity index (χ1) is 15.4. The Bertz CT molecular complexity index is 1260. The summed E-state index contributed by atoms with van der Waals surface area (Å²) in [5.74, 6) is -0.563. The van der Waals surface area contributed by atoms with Crippen molar-refractivity contribution in [3.8, 4) is 12.1 Å². The second-order valence-electron chi connectivity index (χ2n) is 6.80. The van der Waals surface area contributed by atoms with Gasteiger partial charge in [-0.25, -0.2) is 0 Å². The van der Waals surface area contributed by atoms with Crippen LogP contribution in [0.4, 0.5) is 0 Å².